The van der Waals surface area contributed by atoms with E-state index in [1.165, 1.54) is 0 Å². The molecule has 0 unspecified atom stereocenters. The maximum atomic E-state index is 6.29. The van der Waals surface area contributed by atoms with E-state index in [2.05, 4.69) is 17.1 Å². The first-order chi connectivity index (χ1) is 9.81. The predicted molar refractivity (Wildman–Crippen MR) is 89.8 cm³/mol. The monoisotopic (exact) mass is 302 g/mol. The molecule has 1 N–H and O–H groups in total. The van der Waals surface area contributed by atoms with Crippen LogP contribution >= 0.6 is 23.4 Å². The molecule has 4 heteroatoms. The first kappa shape index (κ1) is 14.7. The SMILES string of the molecule is C=CCSc1ccccc1C(Cl)=NNc1ccccc1. The van der Waals surface area contributed by atoms with Crippen molar-refractivity contribution in [2.24, 2.45) is 5.10 Å². The summed E-state index contributed by atoms with van der Waals surface area (Å²) >= 11 is 7.97. The molecule has 2 nitrogen and oxygen atoms in total. The number of hydrogen-bond donors (Lipinski definition) is 1. The Morgan fingerprint density at radius 1 is 1.15 bits per heavy atom. The van der Waals surface area contributed by atoms with Crippen LogP contribution in [0.2, 0.25) is 0 Å². The zero-order chi connectivity index (χ0) is 14.2. The third-order valence-corrected chi connectivity index (χ3v) is 3.88. The first-order valence-corrected chi connectivity index (χ1v) is 7.55. The molecule has 0 aliphatic heterocycles. The molecule has 0 fully saturated rings. The topological polar surface area (TPSA) is 24.4 Å². The van der Waals surface area contributed by atoms with E-state index in [1.807, 2.05) is 60.7 Å². The van der Waals surface area contributed by atoms with Gasteiger partial charge in [0.1, 0.15) is 0 Å². The maximum absolute atomic E-state index is 6.29. The fraction of sp³-hybridized carbons (Fsp3) is 0.0625. The highest BCUT2D eigenvalue weighted by Crippen LogP contribution is 2.24. The lowest BCUT2D eigenvalue weighted by molar-refractivity contribution is 1.33. The van der Waals surface area contributed by atoms with Crippen LogP contribution in [0.15, 0.2) is 77.2 Å². The molecule has 20 heavy (non-hydrogen) atoms. The Kier molecular flexibility index (Phi) is 5.71. The Morgan fingerprint density at radius 3 is 2.60 bits per heavy atom. The molecule has 0 amide bonds. The van der Waals surface area contributed by atoms with Crippen molar-refractivity contribution in [2.75, 3.05) is 11.2 Å². The van der Waals surface area contributed by atoms with Gasteiger partial charge in [0, 0.05) is 16.2 Å². The Balaban J connectivity index is 2.15. The highest BCUT2D eigenvalue weighted by molar-refractivity contribution is 7.99. The van der Waals surface area contributed by atoms with E-state index in [0.717, 1.165) is 21.9 Å². The zero-order valence-electron chi connectivity index (χ0n) is 10.9. The summed E-state index contributed by atoms with van der Waals surface area (Å²) in [5, 5.41) is 4.67. The van der Waals surface area contributed by atoms with E-state index < -0.39 is 0 Å². The fourth-order valence-corrected chi connectivity index (χ4v) is 2.65. The molecule has 0 aliphatic carbocycles. The van der Waals surface area contributed by atoms with Crippen LogP contribution in [-0.4, -0.2) is 10.9 Å². The lowest BCUT2D eigenvalue weighted by atomic mass is 10.2. The first-order valence-electron chi connectivity index (χ1n) is 6.18. The Bertz CT molecular complexity index is 596. The van der Waals surface area contributed by atoms with Crippen molar-refractivity contribution in [3.05, 3.63) is 72.8 Å². The van der Waals surface area contributed by atoms with E-state index in [4.69, 9.17) is 11.6 Å². The predicted octanol–water partition coefficient (Wildman–Crippen LogP) is 4.98. The number of rotatable bonds is 6. The lowest BCUT2D eigenvalue weighted by Crippen LogP contribution is -1.99. The van der Waals surface area contributed by atoms with Gasteiger partial charge in [0.2, 0.25) is 0 Å². The van der Waals surface area contributed by atoms with Gasteiger partial charge in [-0.05, 0) is 18.2 Å². The number of halogens is 1. The van der Waals surface area contributed by atoms with Crippen LogP contribution in [0.4, 0.5) is 5.69 Å². The molecule has 0 bridgehead atoms. The maximum Gasteiger partial charge on any atom is 0.157 e. The van der Waals surface area contributed by atoms with Crippen molar-refractivity contribution in [1.29, 1.82) is 0 Å². The summed E-state index contributed by atoms with van der Waals surface area (Å²) in [6.45, 7) is 3.73. The number of anilines is 1. The van der Waals surface area contributed by atoms with Crippen molar-refractivity contribution in [3.63, 3.8) is 0 Å². The van der Waals surface area contributed by atoms with Gasteiger partial charge in [0.25, 0.3) is 0 Å². The second kappa shape index (κ2) is 7.78. The normalized spacial score (nSPS) is 11.2. The molecule has 0 saturated carbocycles. The third-order valence-electron chi connectivity index (χ3n) is 2.52. The zero-order valence-corrected chi connectivity index (χ0v) is 12.5. The van der Waals surface area contributed by atoms with Crippen LogP contribution in [0.25, 0.3) is 0 Å². The van der Waals surface area contributed by atoms with Crippen molar-refractivity contribution < 1.29 is 0 Å². The average molecular weight is 303 g/mol. The quantitative estimate of drug-likeness (QED) is 0.352. The minimum Gasteiger partial charge on any atom is -0.277 e. The summed E-state index contributed by atoms with van der Waals surface area (Å²) in [6, 6.07) is 17.7. The number of benzene rings is 2. The van der Waals surface area contributed by atoms with Crippen LogP contribution in [0.5, 0.6) is 0 Å². The Morgan fingerprint density at radius 2 is 1.85 bits per heavy atom. The largest absolute Gasteiger partial charge is 0.277 e. The standard InChI is InChI=1S/C16H15ClN2S/c1-2-12-20-15-11-7-6-10-14(15)16(17)19-18-13-8-4-3-5-9-13/h2-11,18H,1,12H2. The van der Waals surface area contributed by atoms with Gasteiger partial charge < -0.3 is 0 Å². The van der Waals surface area contributed by atoms with Crippen LogP contribution in [-0.2, 0) is 0 Å². The van der Waals surface area contributed by atoms with Crippen LogP contribution in [0.1, 0.15) is 5.56 Å². The minimum absolute atomic E-state index is 0.445. The van der Waals surface area contributed by atoms with E-state index in [-0.39, 0.29) is 0 Å². The smallest absolute Gasteiger partial charge is 0.157 e. The molecule has 2 aromatic carbocycles. The van der Waals surface area contributed by atoms with Crippen molar-refractivity contribution in [3.8, 4) is 0 Å². The molecule has 0 aromatic heterocycles. The second-order valence-electron chi connectivity index (χ2n) is 3.98. The average Bonchev–Trinajstić information content (AvgIpc) is 2.52. The van der Waals surface area contributed by atoms with E-state index >= 15 is 0 Å². The number of nitrogens with zero attached hydrogens (tertiary/aromatic N) is 1. The molecular weight excluding hydrogens is 288 g/mol. The lowest BCUT2D eigenvalue weighted by Gasteiger charge is -2.07. The van der Waals surface area contributed by atoms with E-state index in [1.54, 1.807) is 11.8 Å². The summed E-state index contributed by atoms with van der Waals surface area (Å²) in [7, 11) is 0. The molecule has 0 atom stereocenters. The minimum atomic E-state index is 0.445. The number of nitrogens with one attached hydrogen (secondary N) is 1. The summed E-state index contributed by atoms with van der Waals surface area (Å²) in [5.74, 6) is 0.841. The van der Waals surface area contributed by atoms with Gasteiger partial charge in [-0.25, -0.2) is 0 Å². The number of thioether (sulfide) groups is 1. The molecule has 2 rings (SSSR count). The van der Waals surface area contributed by atoms with Crippen molar-refractivity contribution >= 4 is 34.2 Å². The van der Waals surface area contributed by atoms with Crippen LogP contribution < -0.4 is 5.43 Å². The van der Waals surface area contributed by atoms with Gasteiger partial charge in [0.05, 0.1) is 5.69 Å². The highest BCUT2D eigenvalue weighted by Gasteiger charge is 2.06. The molecule has 0 saturated heterocycles. The summed E-state index contributed by atoms with van der Waals surface area (Å²) in [6.07, 6.45) is 1.87. The Labute approximate surface area is 128 Å². The number of hydrogen-bond acceptors (Lipinski definition) is 3. The fourth-order valence-electron chi connectivity index (χ4n) is 1.60. The van der Waals surface area contributed by atoms with Gasteiger partial charge in [-0.15, -0.1) is 18.3 Å². The van der Waals surface area contributed by atoms with Gasteiger partial charge in [0.15, 0.2) is 5.17 Å². The number of hydrazone groups is 1. The molecule has 2 aromatic rings. The summed E-state index contributed by atoms with van der Waals surface area (Å²) in [4.78, 5) is 1.09. The van der Waals surface area contributed by atoms with Crippen LogP contribution in [0, 0.1) is 0 Å². The molecule has 0 heterocycles. The highest BCUT2D eigenvalue weighted by atomic mass is 35.5. The summed E-state index contributed by atoms with van der Waals surface area (Å²) < 4.78 is 0. The van der Waals surface area contributed by atoms with Crippen molar-refractivity contribution in [2.45, 2.75) is 4.90 Å². The molecule has 0 radical (unpaired) electrons. The molecule has 0 aliphatic rings. The molecule has 0 spiro atoms. The Hall–Kier alpha value is -1.71. The summed E-state index contributed by atoms with van der Waals surface area (Å²) in [5.41, 5.74) is 4.78. The van der Waals surface area contributed by atoms with Crippen LogP contribution in [0.3, 0.4) is 0 Å². The third kappa shape index (κ3) is 4.15. The van der Waals surface area contributed by atoms with Gasteiger partial charge in [-0.2, -0.15) is 5.10 Å². The number of para-hydroxylation sites is 1. The van der Waals surface area contributed by atoms with Gasteiger partial charge in [-0.3, -0.25) is 5.43 Å². The second-order valence-corrected chi connectivity index (χ2v) is 5.40. The van der Waals surface area contributed by atoms with E-state index in [9.17, 15) is 0 Å². The molecule has 102 valence electrons. The van der Waals surface area contributed by atoms with E-state index in [0.29, 0.717) is 5.17 Å². The van der Waals surface area contributed by atoms with Gasteiger partial charge in [-0.1, -0.05) is 54.1 Å². The van der Waals surface area contributed by atoms with Crippen molar-refractivity contribution in [1.82, 2.24) is 0 Å². The molecular formula is C16H15ClN2S. The van der Waals surface area contributed by atoms with Gasteiger partial charge >= 0.3 is 0 Å².